The van der Waals surface area contributed by atoms with Crippen LogP contribution in [0.4, 0.5) is 8.78 Å². The lowest BCUT2D eigenvalue weighted by atomic mass is 10.2. The number of halogens is 2. The van der Waals surface area contributed by atoms with E-state index >= 15 is 0 Å². The predicted octanol–water partition coefficient (Wildman–Crippen LogP) is 2.99. The molecule has 1 saturated heterocycles. The molecule has 1 N–H and O–H groups in total. The molecule has 3 rings (SSSR count). The molecule has 0 spiro atoms. The second-order valence-electron chi connectivity index (χ2n) is 6.27. The third-order valence-electron chi connectivity index (χ3n) is 4.30. The van der Waals surface area contributed by atoms with Crippen LogP contribution in [-0.4, -0.2) is 38.3 Å². The Kier molecular flexibility index (Phi) is 6.63. The third kappa shape index (κ3) is 5.06. The minimum absolute atomic E-state index is 0.00733. The van der Waals surface area contributed by atoms with Crippen molar-refractivity contribution in [2.75, 3.05) is 13.1 Å². The molecule has 1 aliphatic heterocycles. The second-order valence-corrected chi connectivity index (χ2v) is 9.60. The van der Waals surface area contributed by atoms with E-state index in [1.165, 1.54) is 16.4 Å². The summed E-state index contributed by atoms with van der Waals surface area (Å²) in [5, 5.41) is 2.65. The zero-order chi connectivity index (χ0) is 20.1. The van der Waals surface area contributed by atoms with Crippen LogP contribution in [0.5, 0.6) is 5.75 Å². The Bertz CT molecular complexity index is 925. The van der Waals surface area contributed by atoms with Crippen LogP contribution in [0.2, 0.25) is 0 Å². The number of hydrogen-bond donors (Lipinski definition) is 1. The van der Waals surface area contributed by atoms with E-state index in [4.69, 9.17) is 0 Å². The molecule has 1 aliphatic rings. The highest BCUT2D eigenvalue weighted by Crippen LogP contribution is 2.27. The molecule has 1 amide bonds. The lowest BCUT2D eigenvalue weighted by Gasteiger charge is -2.13. The summed E-state index contributed by atoms with van der Waals surface area (Å²) in [5.41, 5.74) is 0.430. The van der Waals surface area contributed by atoms with E-state index in [9.17, 15) is 22.0 Å². The number of carbonyl (C=O) groups excluding carboxylic acids is 1. The van der Waals surface area contributed by atoms with Crippen LogP contribution in [0.3, 0.4) is 0 Å². The quantitative estimate of drug-likeness (QED) is 0.699. The van der Waals surface area contributed by atoms with Gasteiger partial charge in [0.15, 0.2) is 0 Å². The summed E-state index contributed by atoms with van der Waals surface area (Å²) in [4.78, 5) is 12.8. The van der Waals surface area contributed by atoms with E-state index < -0.39 is 16.6 Å². The zero-order valence-electron chi connectivity index (χ0n) is 14.9. The van der Waals surface area contributed by atoms with E-state index in [0.717, 1.165) is 24.2 Å². The highest BCUT2D eigenvalue weighted by Gasteiger charge is 2.28. The average molecular weight is 430 g/mol. The lowest BCUT2D eigenvalue weighted by molar-refractivity contribution is -0.120. The number of ether oxygens (including phenoxy) is 1. The number of amides is 1. The van der Waals surface area contributed by atoms with Gasteiger partial charge in [0.1, 0.15) is 9.96 Å². The normalized spacial score (nSPS) is 15.1. The van der Waals surface area contributed by atoms with Gasteiger partial charge in [0.05, 0.1) is 6.42 Å². The number of sulfonamides is 1. The second kappa shape index (κ2) is 8.97. The molecule has 1 fully saturated rings. The van der Waals surface area contributed by atoms with Gasteiger partial charge < -0.3 is 10.1 Å². The molecule has 10 heteroatoms. The van der Waals surface area contributed by atoms with Crippen molar-refractivity contribution in [2.45, 2.75) is 36.6 Å². The van der Waals surface area contributed by atoms with Crippen molar-refractivity contribution in [2.24, 2.45) is 0 Å². The van der Waals surface area contributed by atoms with Gasteiger partial charge in [-0.1, -0.05) is 18.2 Å². The van der Waals surface area contributed by atoms with Crippen molar-refractivity contribution >= 4 is 27.3 Å². The van der Waals surface area contributed by atoms with Crippen molar-refractivity contribution in [1.82, 2.24) is 9.62 Å². The minimum Gasteiger partial charge on any atom is -0.434 e. The van der Waals surface area contributed by atoms with Crippen molar-refractivity contribution in [3.05, 3.63) is 46.8 Å². The highest BCUT2D eigenvalue weighted by atomic mass is 32.2. The number of nitrogens with zero attached hydrogens (tertiary/aromatic N) is 1. The van der Waals surface area contributed by atoms with Crippen molar-refractivity contribution in [1.29, 1.82) is 0 Å². The maximum Gasteiger partial charge on any atom is 0.387 e. The molecule has 0 bridgehead atoms. The summed E-state index contributed by atoms with van der Waals surface area (Å²) < 4.78 is 56.1. The first-order valence-electron chi connectivity index (χ1n) is 8.74. The van der Waals surface area contributed by atoms with Crippen LogP contribution in [0.1, 0.15) is 23.3 Å². The number of rotatable bonds is 8. The lowest BCUT2D eigenvalue weighted by Crippen LogP contribution is -2.27. The van der Waals surface area contributed by atoms with Crippen molar-refractivity contribution < 1.29 is 26.7 Å². The molecule has 2 aromatic rings. The molecule has 0 atom stereocenters. The fourth-order valence-electron chi connectivity index (χ4n) is 2.92. The fourth-order valence-corrected chi connectivity index (χ4v) is 5.95. The van der Waals surface area contributed by atoms with Crippen LogP contribution in [0, 0.1) is 0 Å². The summed E-state index contributed by atoms with van der Waals surface area (Å²) in [6.45, 7) is -1.86. The number of nitrogens with one attached hydrogen (secondary N) is 1. The molecular weight excluding hydrogens is 410 g/mol. The van der Waals surface area contributed by atoms with Gasteiger partial charge >= 0.3 is 6.61 Å². The van der Waals surface area contributed by atoms with Gasteiger partial charge in [-0.2, -0.15) is 13.1 Å². The summed E-state index contributed by atoms with van der Waals surface area (Å²) in [5.74, 6) is -0.327. The number of hydrogen-bond acceptors (Lipinski definition) is 5. The average Bonchev–Trinajstić information content (AvgIpc) is 3.33. The number of thiophene rings is 1. The largest absolute Gasteiger partial charge is 0.434 e. The zero-order valence-corrected chi connectivity index (χ0v) is 16.6. The molecule has 0 radical (unpaired) electrons. The van der Waals surface area contributed by atoms with Crippen LogP contribution in [0.25, 0.3) is 0 Å². The summed E-state index contributed by atoms with van der Waals surface area (Å²) in [6, 6.07) is 9.37. The molecule has 152 valence electrons. The molecule has 28 heavy (non-hydrogen) atoms. The van der Waals surface area contributed by atoms with Gasteiger partial charge in [-0.3, -0.25) is 4.79 Å². The smallest absolute Gasteiger partial charge is 0.387 e. The van der Waals surface area contributed by atoms with Crippen LogP contribution >= 0.6 is 11.3 Å². The first-order valence-corrected chi connectivity index (χ1v) is 11.0. The SMILES string of the molecule is O=C(Cc1ccc(S(=O)(=O)N2CCCC2)s1)NCc1ccccc1OC(F)F. The van der Waals surface area contributed by atoms with Crippen LogP contribution in [0.15, 0.2) is 40.6 Å². The molecule has 6 nitrogen and oxygen atoms in total. The first kappa shape index (κ1) is 20.7. The summed E-state index contributed by atoms with van der Waals surface area (Å²) >= 11 is 1.07. The Balaban J connectivity index is 1.58. The van der Waals surface area contributed by atoms with E-state index in [-0.39, 0.29) is 28.8 Å². The third-order valence-corrected chi connectivity index (χ3v) is 7.75. The Morgan fingerprint density at radius 2 is 1.89 bits per heavy atom. The van der Waals surface area contributed by atoms with Gasteiger partial charge in [-0.15, -0.1) is 11.3 Å². The van der Waals surface area contributed by atoms with Gasteiger partial charge in [-0.05, 0) is 31.0 Å². The topological polar surface area (TPSA) is 75.7 Å². The van der Waals surface area contributed by atoms with Gasteiger partial charge in [0, 0.05) is 30.1 Å². The molecule has 2 heterocycles. The van der Waals surface area contributed by atoms with E-state index in [1.54, 1.807) is 24.3 Å². The van der Waals surface area contributed by atoms with Gasteiger partial charge in [-0.25, -0.2) is 8.42 Å². The highest BCUT2D eigenvalue weighted by molar-refractivity contribution is 7.91. The Hall–Kier alpha value is -2.04. The minimum atomic E-state index is -3.49. The maximum atomic E-state index is 12.5. The first-order chi connectivity index (χ1) is 13.4. The Morgan fingerprint density at radius 3 is 2.61 bits per heavy atom. The molecule has 1 aromatic carbocycles. The number of benzene rings is 1. The maximum absolute atomic E-state index is 12.5. The Labute approximate surface area is 166 Å². The molecule has 0 aliphatic carbocycles. The van der Waals surface area contributed by atoms with Crippen molar-refractivity contribution in [3.8, 4) is 5.75 Å². The molecule has 0 unspecified atom stereocenters. The fraction of sp³-hybridized carbons (Fsp3) is 0.389. The number of carbonyl (C=O) groups is 1. The van der Waals surface area contributed by atoms with E-state index in [1.807, 2.05) is 0 Å². The van der Waals surface area contributed by atoms with Crippen LogP contribution < -0.4 is 10.1 Å². The van der Waals surface area contributed by atoms with Gasteiger partial charge in [0.25, 0.3) is 10.0 Å². The van der Waals surface area contributed by atoms with E-state index in [0.29, 0.717) is 23.5 Å². The summed E-state index contributed by atoms with van der Waals surface area (Å²) in [6.07, 6.45) is 1.73. The molecule has 1 aromatic heterocycles. The van der Waals surface area contributed by atoms with E-state index in [2.05, 4.69) is 10.1 Å². The molecular formula is C18H20F2N2O4S2. The van der Waals surface area contributed by atoms with Crippen LogP contribution in [-0.2, 0) is 27.8 Å². The monoisotopic (exact) mass is 430 g/mol. The predicted molar refractivity (Wildman–Crippen MR) is 101 cm³/mol. The van der Waals surface area contributed by atoms with Crippen molar-refractivity contribution in [3.63, 3.8) is 0 Å². The molecule has 0 saturated carbocycles. The Morgan fingerprint density at radius 1 is 1.18 bits per heavy atom. The standard InChI is InChI=1S/C18H20F2N2O4S2/c19-18(20)26-15-6-2-1-5-13(15)12-21-16(23)11-14-7-8-17(27-14)28(24,25)22-9-3-4-10-22/h1-2,5-8,18H,3-4,9-12H2,(H,21,23). The number of para-hydroxylation sites is 1. The van der Waals surface area contributed by atoms with Gasteiger partial charge in [0.2, 0.25) is 5.91 Å². The number of alkyl halides is 2. The summed E-state index contributed by atoms with van der Waals surface area (Å²) in [7, 11) is -3.49.